The van der Waals surface area contributed by atoms with E-state index in [1.54, 1.807) is 0 Å². The van der Waals surface area contributed by atoms with Gasteiger partial charge in [0, 0.05) is 30.7 Å². The zero-order valence-electron chi connectivity index (χ0n) is 10.3. The van der Waals surface area contributed by atoms with Crippen LogP contribution in [0.25, 0.3) is 0 Å². The van der Waals surface area contributed by atoms with Crippen molar-refractivity contribution in [2.24, 2.45) is 5.92 Å². The molecule has 1 atom stereocenters. The predicted octanol–water partition coefficient (Wildman–Crippen LogP) is 1.87. The standard InChI is InChI=1S/C13H17BrN2O2/c1-9-2-3-12(11(14)6-9)16-5-4-15-7-10(8-16)13(17)18/h2-3,6,10,15H,4-5,7-8H2,1H3,(H,17,18). The summed E-state index contributed by atoms with van der Waals surface area (Å²) in [4.78, 5) is 13.3. The maximum Gasteiger partial charge on any atom is 0.309 e. The minimum absolute atomic E-state index is 0.360. The van der Waals surface area contributed by atoms with Crippen LogP contribution in [0.15, 0.2) is 22.7 Å². The average Bonchev–Trinajstić information content (AvgIpc) is 2.54. The zero-order valence-corrected chi connectivity index (χ0v) is 11.9. The lowest BCUT2D eigenvalue weighted by Gasteiger charge is -2.25. The van der Waals surface area contributed by atoms with Gasteiger partial charge < -0.3 is 15.3 Å². The average molecular weight is 313 g/mol. The molecule has 98 valence electrons. The second-order valence-electron chi connectivity index (χ2n) is 4.64. The van der Waals surface area contributed by atoms with E-state index in [2.05, 4.69) is 32.2 Å². The van der Waals surface area contributed by atoms with E-state index in [4.69, 9.17) is 5.11 Å². The Kier molecular flexibility index (Phi) is 4.24. The maximum absolute atomic E-state index is 11.1. The Morgan fingerprint density at radius 1 is 1.56 bits per heavy atom. The summed E-state index contributed by atoms with van der Waals surface area (Å²) in [5, 5.41) is 12.3. The first-order valence-corrected chi connectivity index (χ1v) is 6.82. The molecule has 1 heterocycles. The van der Waals surface area contributed by atoms with Crippen LogP contribution >= 0.6 is 15.9 Å². The summed E-state index contributed by atoms with van der Waals surface area (Å²) in [6, 6.07) is 6.15. The van der Waals surface area contributed by atoms with Gasteiger partial charge in [0.2, 0.25) is 0 Å². The molecule has 0 radical (unpaired) electrons. The summed E-state index contributed by atoms with van der Waals surface area (Å²) in [5.41, 5.74) is 2.25. The quantitative estimate of drug-likeness (QED) is 0.875. The number of benzene rings is 1. The topological polar surface area (TPSA) is 52.6 Å². The smallest absolute Gasteiger partial charge is 0.309 e. The highest BCUT2D eigenvalue weighted by molar-refractivity contribution is 9.10. The first kappa shape index (κ1) is 13.4. The number of nitrogens with zero attached hydrogens (tertiary/aromatic N) is 1. The van der Waals surface area contributed by atoms with Gasteiger partial charge in [-0.1, -0.05) is 6.07 Å². The van der Waals surface area contributed by atoms with Crippen molar-refractivity contribution in [3.8, 4) is 0 Å². The first-order valence-electron chi connectivity index (χ1n) is 6.02. The van der Waals surface area contributed by atoms with E-state index in [1.165, 1.54) is 5.56 Å². The van der Waals surface area contributed by atoms with Crippen LogP contribution < -0.4 is 10.2 Å². The number of carboxylic acids is 1. The molecular weight excluding hydrogens is 296 g/mol. The molecule has 1 saturated heterocycles. The van der Waals surface area contributed by atoms with Crippen molar-refractivity contribution in [3.63, 3.8) is 0 Å². The fraction of sp³-hybridized carbons (Fsp3) is 0.462. The lowest BCUT2D eigenvalue weighted by Crippen LogP contribution is -2.34. The lowest BCUT2D eigenvalue weighted by atomic mass is 10.1. The number of carboxylic acid groups (broad SMARTS) is 1. The highest BCUT2D eigenvalue weighted by atomic mass is 79.9. The lowest BCUT2D eigenvalue weighted by molar-refractivity contribution is -0.141. The molecule has 2 N–H and O–H groups in total. The molecule has 1 fully saturated rings. The molecule has 1 aromatic carbocycles. The third kappa shape index (κ3) is 3.03. The second kappa shape index (κ2) is 5.71. The molecule has 1 aromatic rings. The van der Waals surface area contributed by atoms with E-state index in [1.807, 2.05) is 19.1 Å². The van der Waals surface area contributed by atoms with Crippen LogP contribution in [0.3, 0.4) is 0 Å². The van der Waals surface area contributed by atoms with E-state index < -0.39 is 5.97 Å². The Labute approximate surface area is 115 Å². The third-order valence-corrected chi connectivity index (χ3v) is 3.82. The summed E-state index contributed by atoms with van der Waals surface area (Å²) in [6.45, 7) is 4.76. The SMILES string of the molecule is Cc1ccc(N2CCNCC(C(=O)O)C2)c(Br)c1. The molecule has 1 aliphatic rings. The Bertz CT molecular complexity index is 451. The number of carbonyl (C=O) groups is 1. The minimum Gasteiger partial charge on any atom is -0.481 e. The van der Waals surface area contributed by atoms with Crippen molar-refractivity contribution in [2.45, 2.75) is 6.92 Å². The monoisotopic (exact) mass is 312 g/mol. The molecule has 0 aliphatic carbocycles. The number of nitrogens with one attached hydrogen (secondary N) is 1. The third-order valence-electron chi connectivity index (χ3n) is 3.18. The van der Waals surface area contributed by atoms with Gasteiger partial charge in [-0.15, -0.1) is 0 Å². The van der Waals surface area contributed by atoms with Gasteiger partial charge in [-0.3, -0.25) is 4.79 Å². The normalized spacial score (nSPS) is 20.6. The maximum atomic E-state index is 11.1. The van der Waals surface area contributed by atoms with Gasteiger partial charge in [-0.05, 0) is 40.5 Å². The summed E-state index contributed by atoms with van der Waals surface area (Å²) in [5.74, 6) is -1.10. The van der Waals surface area contributed by atoms with Crippen LogP contribution in [-0.4, -0.2) is 37.3 Å². The zero-order chi connectivity index (χ0) is 13.1. The molecule has 0 aromatic heterocycles. The van der Waals surface area contributed by atoms with Crippen molar-refractivity contribution in [3.05, 3.63) is 28.2 Å². The summed E-state index contributed by atoms with van der Waals surface area (Å²) in [6.07, 6.45) is 0. The Morgan fingerprint density at radius 3 is 3.00 bits per heavy atom. The molecule has 0 amide bonds. The van der Waals surface area contributed by atoms with Crippen molar-refractivity contribution in [1.29, 1.82) is 0 Å². The van der Waals surface area contributed by atoms with Crippen molar-refractivity contribution < 1.29 is 9.90 Å². The fourth-order valence-corrected chi connectivity index (χ4v) is 2.91. The largest absolute Gasteiger partial charge is 0.481 e. The Balaban J connectivity index is 2.22. The van der Waals surface area contributed by atoms with Crippen LogP contribution in [0.2, 0.25) is 0 Å². The number of hydrogen-bond acceptors (Lipinski definition) is 3. The molecule has 5 heteroatoms. The van der Waals surface area contributed by atoms with Crippen LogP contribution in [0.5, 0.6) is 0 Å². The summed E-state index contributed by atoms with van der Waals surface area (Å²) in [7, 11) is 0. The first-order chi connectivity index (χ1) is 8.58. The van der Waals surface area contributed by atoms with E-state index in [-0.39, 0.29) is 5.92 Å². The Hall–Kier alpha value is -1.07. The van der Waals surface area contributed by atoms with Crippen molar-refractivity contribution in [2.75, 3.05) is 31.1 Å². The van der Waals surface area contributed by atoms with Crippen molar-refractivity contribution in [1.82, 2.24) is 5.32 Å². The molecule has 4 nitrogen and oxygen atoms in total. The Morgan fingerprint density at radius 2 is 2.33 bits per heavy atom. The number of anilines is 1. The highest BCUT2D eigenvalue weighted by Crippen LogP contribution is 2.28. The number of rotatable bonds is 2. The van der Waals surface area contributed by atoms with E-state index in [9.17, 15) is 4.79 Å². The summed E-state index contributed by atoms with van der Waals surface area (Å²) < 4.78 is 1.02. The molecular formula is C13H17BrN2O2. The van der Waals surface area contributed by atoms with Crippen LogP contribution in [0.1, 0.15) is 5.56 Å². The van der Waals surface area contributed by atoms with Gasteiger partial charge in [0.15, 0.2) is 0 Å². The number of hydrogen-bond donors (Lipinski definition) is 2. The molecule has 0 bridgehead atoms. The van der Waals surface area contributed by atoms with Gasteiger partial charge in [-0.2, -0.15) is 0 Å². The van der Waals surface area contributed by atoms with Gasteiger partial charge in [0.1, 0.15) is 0 Å². The fourth-order valence-electron chi connectivity index (χ4n) is 2.16. The minimum atomic E-state index is -0.738. The van der Waals surface area contributed by atoms with Gasteiger partial charge >= 0.3 is 5.97 Å². The molecule has 18 heavy (non-hydrogen) atoms. The van der Waals surface area contributed by atoms with E-state index in [0.717, 1.165) is 23.2 Å². The van der Waals surface area contributed by atoms with E-state index >= 15 is 0 Å². The van der Waals surface area contributed by atoms with Crippen LogP contribution in [0, 0.1) is 12.8 Å². The predicted molar refractivity (Wildman–Crippen MR) is 75.1 cm³/mol. The molecule has 2 rings (SSSR count). The van der Waals surface area contributed by atoms with Crippen LogP contribution in [-0.2, 0) is 4.79 Å². The second-order valence-corrected chi connectivity index (χ2v) is 5.49. The number of halogens is 1. The molecule has 0 spiro atoms. The summed E-state index contributed by atoms with van der Waals surface area (Å²) >= 11 is 3.56. The van der Waals surface area contributed by atoms with Crippen molar-refractivity contribution >= 4 is 27.6 Å². The number of aliphatic carboxylic acids is 1. The number of aryl methyl sites for hydroxylation is 1. The molecule has 0 saturated carbocycles. The molecule has 1 aliphatic heterocycles. The van der Waals surface area contributed by atoms with Gasteiger partial charge in [0.05, 0.1) is 11.6 Å². The highest BCUT2D eigenvalue weighted by Gasteiger charge is 2.24. The van der Waals surface area contributed by atoms with Crippen LogP contribution in [0.4, 0.5) is 5.69 Å². The van der Waals surface area contributed by atoms with Gasteiger partial charge in [-0.25, -0.2) is 0 Å². The van der Waals surface area contributed by atoms with E-state index in [0.29, 0.717) is 13.1 Å². The van der Waals surface area contributed by atoms with Gasteiger partial charge in [0.25, 0.3) is 0 Å². The molecule has 1 unspecified atom stereocenters.